The highest BCUT2D eigenvalue weighted by Crippen LogP contribution is 2.27. The number of carbonyl (C=O) groups excluding carboxylic acids is 1. The number of amides is 2. The smallest absolute Gasteiger partial charge is 0.321 e. The van der Waals surface area contributed by atoms with Crippen molar-refractivity contribution in [2.45, 2.75) is 0 Å². The van der Waals surface area contributed by atoms with E-state index in [-0.39, 0.29) is 23.1 Å². The number of rotatable bonds is 4. The third-order valence-electron chi connectivity index (χ3n) is 1.78. The van der Waals surface area contributed by atoms with Crippen LogP contribution >= 0.6 is 11.6 Å². The van der Waals surface area contributed by atoms with Gasteiger partial charge < -0.3 is 15.4 Å². The van der Waals surface area contributed by atoms with Crippen molar-refractivity contribution >= 4 is 29.0 Å². The topological polar surface area (TPSA) is 93.5 Å². The molecule has 17 heavy (non-hydrogen) atoms. The van der Waals surface area contributed by atoms with Gasteiger partial charge in [-0.1, -0.05) is 11.6 Å². The van der Waals surface area contributed by atoms with E-state index in [1.54, 1.807) is 0 Å². The van der Waals surface area contributed by atoms with Crippen LogP contribution in [0.4, 0.5) is 16.2 Å². The first-order valence-electron chi connectivity index (χ1n) is 4.52. The van der Waals surface area contributed by atoms with E-state index in [0.29, 0.717) is 0 Å². The molecule has 0 aromatic heterocycles. The van der Waals surface area contributed by atoms with Crippen LogP contribution in [0.25, 0.3) is 0 Å². The van der Waals surface area contributed by atoms with E-state index in [9.17, 15) is 14.9 Å². The molecule has 0 atom stereocenters. The minimum absolute atomic E-state index is 0.0119. The first kappa shape index (κ1) is 13.2. The molecule has 0 spiro atoms. The molecule has 0 radical (unpaired) electrons. The molecule has 2 N–H and O–H groups in total. The molecule has 0 heterocycles. The molecular formula is C9H10ClN3O4. The van der Waals surface area contributed by atoms with Crippen molar-refractivity contribution in [2.75, 3.05) is 19.2 Å². The Kier molecular flexibility index (Phi) is 4.68. The van der Waals surface area contributed by atoms with Crippen LogP contribution in [0.5, 0.6) is 0 Å². The summed E-state index contributed by atoms with van der Waals surface area (Å²) in [6.07, 6.45) is 0. The number of carbonyl (C=O) groups is 1. The normalized spacial score (nSPS) is 9.76. The second-order valence-electron chi connectivity index (χ2n) is 2.99. The predicted molar refractivity (Wildman–Crippen MR) is 62.1 cm³/mol. The average molecular weight is 260 g/mol. The Bertz CT molecular complexity index is 438. The number of nitro benzene ring substituents is 1. The van der Waals surface area contributed by atoms with Crippen LogP contribution in [-0.4, -0.2) is 24.8 Å². The van der Waals surface area contributed by atoms with Gasteiger partial charge in [-0.05, 0) is 12.1 Å². The minimum Gasteiger partial charge on any atom is -0.364 e. The van der Waals surface area contributed by atoms with Gasteiger partial charge in [0.25, 0.3) is 5.69 Å². The minimum atomic E-state index is -0.624. The number of nitro groups is 1. The third kappa shape index (κ3) is 3.89. The summed E-state index contributed by atoms with van der Waals surface area (Å²) in [7, 11) is 1.42. The maximum Gasteiger partial charge on any atom is 0.321 e. The Labute approximate surface area is 102 Å². The summed E-state index contributed by atoms with van der Waals surface area (Å²) in [6.45, 7) is 0.0432. The number of methoxy groups -OCH3 is 1. The Morgan fingerprint density at radius 2 is 2.29 bits per heavy atom. The van der Waals surface area contributed by atoms with Gasteiger partial charge in [-0.25, -0.2) is 4.79 Å². The number of ether oxygens (including phenoxy) is 1. The van der Waals surface area contributed by atoms with Crippen molar-refractivity contribution in [1.82, 2.24) is 5.32 Å². The fraction of sp³-hybridized carbons (Fsp3) is 0.222. The number of urea groups is 1. The molecule has 92 valence electrons. The first-order valence-corrected chi connectivity index (χ1v) is 4.90. The van der Waals surface area contributed by atoms with Crippen LogP contribution in [0.1, 0.15) is 0 Å². The molecule has 0 saturated heterocycles. The summed E-state index contributed by atoms with van der Waals surface area (Å²) in [5.74, 6) is 0. The third-order valence-corrected chi connectivity index (χ3v) is 2.10. The average Bonchev–Trinajstić information content (AvgIpc) is 2.28. The molecular weight excluding hydrogens is 250 g/mol. The van der Waals surface area contributed by atoms with Crippen LogP contribution in [0.15, 0.2) is 18.2 Å². The molecule has 0 saturated carbocycles. The number of hydrogen-bond donors (Lipinski definition) is 2. The Morgan fingerprint density at radius 1 is 1.59 bits per heavy atom. The summed E-state index contributed by atoms with van der Waals surface area (Å²) >= 11 is 5.62. The van der Waals surface area contributed by atoms with Gasteiger partial charge in [0.05, 0.1) is 4.92 Å². The number of hydrogen-bond acceptors (Lipinski definition) is 4. The first-order chi connectivity index (χ1) is 8.04. The van der Waals surface area contributed by atoms with Crippen LogP contribution in [0.2, 0.25) is 5.02 Å². The van der Waals surface area contributed by atoms with Crippen molar-refractivity contribution in [2.24, 2.45) is 0 Å². The molecule has 1 aromatic carbocycles. The summed E-state index contributed by atoms with van der Waals surface area (Å²) < 4.78 is 4.63. The summed E-state index contributed by atoms with van der Waals surface area (Å²) in [5, 5.41) is 15.4. The summed E-state index contributed by atoms with van der Waals surface area (Å²) in [5.41, 5.74) is 0.00547. The maximum atomic E-state index is 11.2. The molecule has 0 bridgehead atoms. The quantitative estimate of drug-likeness (QED) is 0.491. The van der Waals surface area contributed by atoms with E-state index >= 15 is 0 Å². The lowest BCUT2D eigenvalue weighted by Gasteiger charge is -2.06. The zero-order chi connectivity index (χ0) is 12.8. The Morgan fingerprint density at radius 3 is 2.88 bits per heavy atom. The molecule has 0 fully saturated rings. The van der Waals surface area contributed by atoms with Crippen LogP contribution in [-0.2, 0) is 4.74 Å². The van der Waals surface area contributed by atoms with Crippen molar-refractivity contribution in [3.05, 3.63) is 33.3 Å². The standard InChI is InChI=1S/C9H10ClN3O4/c1-17-5-11-9(14)12-6-2-3-7(10)8(4-6)13(15)16/h2-4H,5H2,1H3,(H2,11,12,14). The molecule has 7 nitrogen and oxygen atoms in total. The lowest BCUT2D eigenvalue weighted by molar-refractivity contribution is -0.384. The summed E-state index contributed by atoms with van der Waals surface area (Å²) in [4.78, 5) is 21.2. The molecule has 1 aromatic rings. The van der Waals surface area contributed by atoms with E-state index in [4.69, 9.17) is 11.6 Å². The van der Waals surface area contributed by atoms with E-state index in [2.05, 4.69) is 15.4 Å². The highest BCUT2D eigenvalue weighted by molar-refractivity contribution is 6.32. The van der Waals surface area contributed by atoms with Crippen molar-refractivity contribution in [3.8, 4) is 0 Å². The van der Waals surface area contributed by atoms with E-state index in [0.717, 1.165) is 0 Å². The van der Waals surface area contributed by atoms with Crippen LogP contribution in [0, 0.1) is 10.1 Å². The van der Waals surface area contributed by atoms with Crippen LogP contribution in [0.3, 0.4) is 0 Å². The van der Waals surface area contributed by atoms with Crippen molar-refractivity contribution in [3.63, 3.8) is 0 Å². The van der Waals surface area contributed by atoms with Gasteiger partial charge >= 0.3 is 6.03 Å². The number of benzene rings is 1. The molecule has 8 heteroatoms. The fourth-order valence-electron chi connectivity index (χ4n) is 1.04. The second kappa shape index (κ2) is 6.02. The second-order valence-corrected chi connectivity index (χ2v) is 3.39. The number of nitrogens with zero attached hydrogens (tertiary/aromatic N) is 1. The SMILES string of the molecule is COCNC(=O)Nc1ccc(Cl)c([N+](=O)[O-])c1. The van der Waals surface area contributed by atoms with E-state index < -0.39 is 11.0 Å². The van der Waals surface area contributed by atoms with Gasteiger partial charge in [-0.15, -0.1) is 0 Å². The number of anilines is 1. The van der Waals surface area contributed by atoms with E-state index in [1.165, 1.54) is 25.3 Å². The largest absolute Gasteiger partial charge is 0.364 e. The lowest BCUT2D eigenvalue weighted by atomic mass is 10.3. The van der Waals surface area contributed by atoms with Gasteiger partial charge in [0.15, 0.2) is 0 Å². The fourth-order valence-corrected chi connectivity index (χ4v) is 1.23. The molecule has 1 rings (SSSR count). The summed E-state index contributed by atoms with van der Waals surface area (Å²) in [6, 6.07) is 3.45. The molecule has 2 amide bonds. The van der Waals surface area contributed by atoms with Crippen molar-refractivity contribution in [1.29, 1.82) is 0 Å². The molecule has 0 aliphatic rings. The molecule has 0 aliphatic carbocycles. The maximum absolute atomic E-state index is 11.2. The Hall–Kier alpha value is -1.86. The van der Waals surface area contributed by atoms with Gasteiger partial charge in [0, 0.05) is 18.9 Å². The lowest BCUT2D eigenvalue weighted by Crippen LogP contribution is -2.30. The monoisotopic (exact) mass is 259 g/mol. The Balaban J connectivity index is 2.75. The van der Waals surface area contributed by atoms with Gasteiger partial charge in [-0.2, -0.15) is 0 Å². The number of halogens is 1. The highest BCUT2D eigenvalue weighted by Gasteiger charge is 2.13. The van der Waals surface area contributed by atoms with E-state index in [1.807, 2.05) is 0 Å². The number of nitrogens with one attached hydrogen (secondary N) is 2. The van der Waals surface area contributed by atoms with Gasteiger partial charge in [-0.3, -0.25) is 10.1 Å². The van der Waals surface area contributed by atoms with Crippen molar-refractivity contribution < 1.29 is 14.5 Å². The van der Waals surface area contributed by atoms with Gasteiger partial charge in [0.2, 0.25) is 0 Å². The predicted octanol–water partition coefficient (Wildman–Crippen LogP) is 1.97. The molecule has 0 unspecified atom stereocenters. The highest BCUT2D eigenvalue weighted by atomic mass is 35.5. The van der Waals surface area contributed by atoms with Crippen LogP contribution < -0.4 is 10.6 Å². The zero-order valence-electron chi connectivity index (χ0n) is 8.90. The zero-order valence-corrected chi connectivity index (χ0v) is 9.65. The molecule has 0 aliphatic heterocycles. The van der Waals surface area contributed by atoms with Gasteiger partial charge in [0.1, 0.15) is 11.8 Å².